The van der Waals surface area contributed by atoms with Gasteiger partial charge < -0.3 is 14.2 Å². The molecule has 0 radical (unpaired) electrons. The van der Waals surface area contributed by atoms with Gasteiger partial charge in [0.2, 0.25) is 0 Å². The summed E-state index contributed by atoms with van der Waals surface area (Å²) in [6.45, 7) is 2.78. The first-order valence-electron chi connectivity index (χ1n) is 5.15. The zero-order chi connectivity index (χ0) is 11.8. The van der Waals surface area contributed by atoms with Gasteiger partial charge in [-0.3, -0.25) is 4.79 Å². The molecule has 0 aliphatic heterocycles. The van der Waals surface area contributed by atoms with Gasteiger partial charge in [-0.25, -0.2) is 0 Å². The Kier molecular flexibility index (Phi) is 5.36. The summed E-state index contributed by atoms with van der Waals surface area (Å²) in [6.07, 6.45) is 1.68. The number of hydrogen-bond acceptors (Lipinski definition) is 4. The summed E-state index contributed by atoms with van der Waals surface area (Å²) in [6, 6.07) is 5.11. The molecular formula is C12H16O4. The Hall–Kier alpha value is -1.55. The van der Waals surface area contributed by atoms with Crippen LogP contribution in [-0.2, 0) is 4.74 Å². The highest BCUT2D eigenvalue weighted by Gasteiger charge is 2.05. The standard InChI is InChI=1S/C12H16O4/c1-3-6-15-11-5-4-10(8-13)12(7-11)16-9-14-2/h4-5,7-8H,3,6,9H2,1-2H3. The van der Waals surface area contributed by atoms with Crippen LogP contribution in [0, 0.1) is 0 Å². The van der Waals surface area contributed by atoms with Crippen LogP contribution in [0.2, 0.25) is 0 Å². The summed E-state index contributed by atoms with van der Waals surface area (Å²) in [5, 5.41) is 0. The number of carbonyl (C=O) groups is 1. The first kappa shape index (κ1) is 12.5. The third-order valence-corrected chi connectivity index (χ3v) is 1.92. The van der Waals surface area contributed by atoms with Crippen molar-refractivity contribution in [3.05, 3.63) is 23.8 Å². The number of carbonyl (C=O) groups excluding carboxylic acids is 1. The van der Waals surface area contributed by atoms with Gasteiger partial charge in [-0.15, -0.1) is 0 Å². The Labute approximate surface area is 95.1 Å². The molecule has 0 unspecified atom stereocenters. The first-order chi connectivity index (χ1) is 7.81. The highest BCUT2D eigenvalue weighted by Crippen LogP contribution is 2.23. The van der Waals surface area contributed by atoms with Crippen molar-refractivity contribution in [3.63, 3.8) is 0 Å². The van der Waals surface area contributed by atoms with Gasteiger partial charge in [0.05, 0.1) is 12.2 Å². The van der Waals surface area contributed by atoms with E-state index in [1.165, 1.54) is 7.11 Å². The van der Waals surface area contributed by atoms with E-state index in [0.717, 1.165) is 12.7 Å². The summed E-state index contributed by atoms with van der Waals surface area (Å²) in [7, 11) is 1.53. The van der Waals surface area contributed by atoms with Crippen LogP contribution in [-0.4, -0.2) is 26.8 Å². The number of hydrogen-bond donors (Lipinski definition) is 0. The molecule has 0 aliphatic rings. The minimum atomic E-state index is 0.109. The summed E-state index contributed by atoms with van der Waals surface area (Å²) in [5.41, 5.74) is 0.487. The normalized spacial score (nSPS) is 9.88. The summed E-state index contributed by atoms with van der Waals surface area (Å²) in [5.74, 6) is 1.17. The Balaban J connectivity index is 2.78. The largest absolute Gasteiger partial charge is 0.493 e. The molecule has 4 nitrogen and oxygen atoms in total. The van der Waals surface area contributed by atoms with E-state index in [9.17, 15) is 4.79 Å². The third kappa shape index (κ3) is 3.55. The zero-order valence-corrected chi connectivity index (χ0v) is 9.56. The van der Waals surface area contributed by atoms with Gasteiger partial charge in [-0.2, -0.15) is 0 Å². The Morgan fingerprint density at radius 1 is 1.31 bits per heavy atom. The van der Waals surface area contributed by atoms with Gasteiger partial charge in [-0.1, -0.05) is 6.92 Å². The van der Waals surface area contributed by atoms with Crippen molar-refractivity contribution in [1.29, 1.82) is 0 Å². The van der Waals surface area contributed by atoms with Gasteiger partial charge in [0, 0.05) is 13.2 Å². The van der Waals surface area contributed by atoms with E-state index in [1.54, 1.807) is 18.2 Å². The maximum Gasteiger partial charge on any atom is 0.188 e. The van der Waals surface area contributed by atoms with Crippen LogP contribution in [0.1, 0.15) is 23.7 Å². The fourth-order valence-corrected chi connectivity index (χ4v) is 1.17. The Bertz CT molecular complexity index is 336. The van der Waals surface area contributed by atoms with Crippen molar-refractivity contribution in [2.45, 2.75) is 13.3 Å². The molecule has 1 aromatic rings. The lowest BCUT2D eigenvalue weighted by Gasteiger charge is -2.10. The second-order valence-corrected chi connectivity index (χ2v) is 3.22. The molecule has 0 saturated carbocycles. The van der Waals surface area contributed by atoms with E-state index in [1.807, 2.05) is 6.92 Å². The quantitative estimate of drug-likeness (QED) is 0.526. The van der Waals surface area contributed by atoms with Gasteiger partial charge in [0.25, 0.3) is 0 Å². The summed E-state index contributed by atoms with van der Waals surface area (Å²) < 4.78 is 15.5. The number of aldehydes is 1. The highest BCUT2D eigenvalue weighted by molar-refractivity contribution is 5.79. The summed E-state index contributed by atoms with van der Waals surface area (Å²) in [4.78, 5) is 10.8. The second-order valence-electron chi connectivity index (χ2n) is 3.22. The van der Waals surface area contributed by atoms with Crippen LogP contribution < -0.4 is 9.47 Å². The van der Waals surface area contributed by atoms with Crippen molar-refractivity contribution in [3.8, 4) is 11.5 Å². The first-order valence-corrected chi connectivity index (χ1v) is 5.15. The molecule has 0 fully saturated rings. The molecule has 0 N–H and O–H groups in total. The van der Waals surface area contributed by atoms with E-state index in [2.05, 4.69) is 0 Å². The molecule has 0 heterocycles. The van der Waals surface area contributed by atoms with Gasteiger partial charge in [0.15, 0.2) is 13.1 Å². The molecule has 0 aromatic heterocycles. The van der Waals surface area contributed by atoms with Crippen molar-refractivity contribution >= 4 is 6.29 Å². The van der Waals surface area contributed by atoms with E-state index in [-0.39, 0.29) is 6.79 Å². The lowest BCUT2D eigenvalue weighted by molar-refractivity contribution is 0.0503. The lowest BCUT2D eigenvalue weighted by Crippen LogP contribution is -2.02. The fourth-order valence-electron chi connectivity index (χ4n) is 1.17. The molecule has 0 bridgehead atoms. The zero-order valence-electron chi connectivity index (χ0n) is 9.56. The molecular weight excluding hydrogens is 208 g/mol. The molecule has 88 valence electrons. The lowest BCUT2D eigenvalue weighted by atomic mass is 10.2. The average Bonchev–Trinajstić information content (AvgIpc) is 2.33. The topological polar surface area (TPSA) is 44.8 Å². The molecule has 0 atom stereocenters. The Morgan fingerprint density at radius 3 is 2.75 bits per heavy atom. The number of benzene rings is 1. The average molecular weight is 224 g/mol. The van der Waals surface area contributed by atoms with Crippen molar-refractivity contribution in [2.24, 2.45) is 0 Å². The van der Waals surface area contributed by atoms with Crippen LogP contribution in [0.3, 0.4) is 0 Å². The molecule has 4 heteroatoms. The van der Waals surface area contributed by atoms with Gasteiger partial charge in [0.1, 0.15) is 11.5 Å². The number of methoxy groups -OCH3 is 1. The molecule has 0 saturated heterocycles. The van der Waals surface area contributed by atoms with Crippen molar-refractivity contribution < 1.29 is 19.0 Å². The third-order valence-electron chi connectivity index (χ3n) is 1.92. The van der Waals surface area contributed by atoms with Crippen LogP contribution in [0.4, 0.5) is 0 Å². The van der Waals surface area contributed by atoms with Crippen LogP contribution in [0.25, 0.3) is 0 Å². The maximum absolute atomic E-state index is 10.8. The van der Waals surface area contributed by atoms with Crippen LogP contribution >= 0.6 is 0 Å². The molecule has 0 aliphatic carbocycles. The maximum atomic E-state index is 10.8. The van der Waals surface area contributed by atoms with E-state index >= 15 is 0 Å². The minimum Gasteiger partial charge on any atom is -0.493 e. The van der Waals surface area contributed by atoms with Crippen molar-refractivity contribution in [1.82, 2.24) is 0 Å². The number of rotatable bonds is 7. The van der Waals surface area contributed by atoms with Gasteiger partial charge >= 0.3 is 0 Å². The van der Waals surface area contributed by atoms with E-state index < -0.39 is 0 Å². The van der Waals surface area contributed by atoms with Gasteiger partial charge in [-0.05, 0) is 18.6 Å². The Morgan fingerprint density at radius 2 is 2.12 bits per heavy atom. The van der Waals surface area contributed by atoms with Crippen LogP contribution in [0.5, 0.6) is 11.5 Å². The second kappa shape index (κ2) is 6.85. The smallest absolute Gasteiger partial charge is 0.188 e. The van der Waals surface area contributed by atoms with E-state index in [4.69, 9.17) is 14.2 Å². The highest BCUT2D eigenvalue weighted by atomic mass is 16.7. The predicted octanol–water partition coefficient (Wildman–Crippen LogP) is 2.27. The molecule has 1 aromatic carbocycles. The molecule has 16 heavy (non-hydrogen) atoms. The number of ether oxygens (including phenoxy) is 3. The van der Waals surface area contributed by atoms with E-state index in [0.29, 0.717) is 23.7 Å². The fraction of sp³-hybridized carbons (Fsp3) is 0.417. The van der Waals surface area contributed by atoms with Crippen LogP contribution in [0.15, 0.2) is 18.2 Å². The molecule has 1 rings (SSSR count). The molecule has 0 amide bonds. The summed E-state index contributed by atoms with van der Waals surface area (Å²) >= 11 is 0. The molecule has 0 spiro atoms. The predicted molar refractivity (Wildman–Crippen MR) is 60.1 cm³/mol. The monoisotopic (exact) mass is 224 g/mol. The minimum absolute atomic E-state index is 0.109. The SMILES string of the molecule is CCCOc1ccc(C=O)c(OCOC)c1. The van der Waals surface area contributed by atoms with Crippen molar-refractivity contribution in [2.75, 3.05) is 20.5 Å².